The van der Waals surface area contributed by atoms with Crippen LogP contribution in [0.15, 0.2) is 16.3 Å². The Morgan fingerprint density at radius 3 is 2.56 bits per heavy atom. The molecule has 9 heteroatoms. The van der Waals surface area contributed by atoms with Crippen molar-refractivity contribution >= 4 is 33.2 Å². The molecule has 0 fully saturated rings. The van der Waals surface area contributed by atoms with Crippen LogP contribution in [-0.2, 0) is 14.8 Å². The maximum Gasteiger partial charge on any atom is 0.325 e. The van der Waals surface area contributed by atoms with Crippen LogP contribution < -0.4 is 10.0 Å². The van der Waals surface area contributed by atoms with Crippen LogP contribution in [0.1, 0.15) is 16.6 Å². The lowest BCUT2D eigenvalue weighted by Gasteiger charge is -2.07. The third-order valence-corrected chi connectivity index (χ3v) is 4.57. The summed E-state index contributed by atoms with van der Waals surface area (Å²) in [6.07, 6.45) is 0. The van der Waals surface area contributed by atoms with Crippen LogP contribution in [0, 0.1) is 0 Å². The molecule has 1 rings (SSSR count). The molecule has 18 heavy (non-hydrogen) atoms. The van der Waals surface area contributed by atoms with Crippen molar-refractivity contribution in [2.45, 2.75) is 17.9 Å². The number of thiophene rings is 1. The number of carbonyl (C=O) groups is 2. The van der Waals surface area contributed by atoms with Crippen LogP contribution in [0.25, 0.3) is 0 Å². The smallest absolute Gasteiger partial charge is 0.325 e. The predicted molar refractivity (Wildman–Crippen MR) is 65.1 cm³/mol. The van der Waals surface area contributed by atoms with Crippen molar-refractivity contribution in [3.63, 3.8) is 0 Å². The maximum absolute atomic E-state index is 11.6. The van der Waals surface area contributed by atoms with E-state index in [1.807, 2.05) is 0 Å². The number of carboxylic acid groups (broad SMARTS) is 1. The highest BCUT2D eigenvalue weighted by molar-refractivity contribution is 7.89. The molecule has 0 aliphatic heterocycles. The van der Waals surface area contributed by atoms with Gasteiger partial charge >= 0.3 is 5.97 Å². The molecular weight excluding hydrogens is 280 g/mol. The zero-order valence-electron chi connectivity index (χ0n) is 9.63. The zero-order valence-corrected chi connectivity index (χ0v) is 11.3. The third-order valence-electron chi connectivity index (χ3n) is 2.10. The average molecular weight is 292 g/mol. The molecule has 0 aromatic carbocycles. The van der Waals surface area contributed by atoms with Gasteiger partial charge in [0.2, 0.25) is 10.0 Å². The SMILES string of the molecule is CNS(=O)(=O)c1csc(C(=O)NC(C)C(=O)O)c1. The maximum atomic E-state index is 11.6. The summed E-state index contributed by atoms with van der Waals surface area (Å²) in [4.78, 5) is 22.3. The van der Waals surface area contributed by atoms with Crippen molar-refractivity contribution in [3.8, 4) is 0 Å². The van der Waals surface area contributed by atoms with Crippen LogP contribution in [0.5, 0.6) is 0 Å². The average Bonchev–Trinajstić information content (AvgIpc) is 2.78. The first-order valence-corrected chi connectivity index (χ1v) is 7.20. The van der Waals surface area contributed by atoms with Crippen molar-refractivity contribution in [2.75, 3.05) is 7.05 Å². The molecule has 7 nitrogen and oxygen atoms in total. The van der Waals surface area contributed by atoms with Gasteiger partial charge in [0.1, 0.15) is 6.04 Å². The van der Waals surface area contributed by atoms with Gasteiger partial charge in [-0.2, -0.15) is 0 Å². The number of aliphatic carboxylic acids is 1. The van der Waals surface area contributed by atoms with E-state index in [4.69, 9.17) is 5.11 Å². The summed E-state index contributed by atoms with van der Waals surface area (Å²) in [5, 5.41) is 12.2. The lowest BCUT2D eigenvalue weighted by atomic mass is 10.3. The fourth-order valence-corrected chi connectivity index (χ4v) is 2.93. The summed E-state index contributed by atoms with van der Waals surface area (Å²) in [5.74, 6) is -1.78. The second-order valence-corrected chi connectivity index (χ2v) is 6.19. The van der Waals surface area contributed by atoms with Crippen LogP contribution in [0.4, 0.5) is 0 Å². The number of amides is 1. The molecule has 0 radical (unpaired) electrons. The van der Waals surface area contributed by atoms with E-state index in [0.717, 1.165) is 11.3 Å². The molecule has 0 bridgehead atoms. The molecule has 0 saturated heterocycles. The summed E-state index contributed by atoms with van der Waals surface area (Å²) < 4.78 is 25.0. The highest BCUT2D eigenvalue weighted by Crippen LogP contribution is 2.18. The molecule has 1 aromatic heterocycles. The van der Waals surface area contributed by atoms with Gasteiger partial charge in [0.25, 0.3) is 5.91 Å². The minimum atomic E-state index is -3.59. The van der Waals surface area contributed by atoms with Crippen molar-refractivity contribution < 1.29 is 23.1 Å². The predicted octanol–water partition coefficient (Wildman–Crippen LogP) is -0.141. The zero-order chi connectivity index (χ0) is 13.9. The first-order valence-electron chi connectivity index (χ1n) is 4.83. The molecule has 1 amide bonds. The van der Waals surface area contributed by atoms with Crippen molar-refractivity contribution in [1.82, 2.24) is 10.0 Å². The van der Waals surface area contributed by atoms with E-state index in [0.29, 0.717) is 0 Å². The molecule has 1 unspecified atom stereocenters. The number of rotatable bonds is 5. The normalized spacial score (nSPS) is 13.0. The molecule has 3 N–H and O–H groups in total. The van der Waals surface area contributed by atoms with Gasteiger partial charge in [-0.1, -0.05) is 0 Å². The molecule has 0 aliphatic rings. The topological polar surface area (TPSA) is 113 Å². The lowest BCUT2D eigenvalue weighted by molar-refractivity contribution is -0.138. The van der Waals surface area contributed by atoms with E-state index in [-0.39, 0.29) is 9.77 Å². The van der Waals surface area contributed by atoms with Gasteiger partial charge in [-0.15, -0.1) is 11.3 Å². The third kappa shape index (κ3) is 3.28. The summed E-state index contributed by atoms with van der Waals surface area (Å²) in [5.41, 5.74) is 0. The molecule has 0 spiro atoms. The Labute approximate surface area is 108 Å². The minimum Gasteiger partial charge on any atom is -0.480 e. The Balaban J connectivity index is 2.87. The van der Waals surface area contributed by atoms with Crippen molar-refractivity contribution in [2.24, 2.45) is 0 Å². The molecule has 1 atom stereocenters. The summed E-state index contributed by atoms with van der Waals surface area (Å²) in [6, 6.07) is 0.157. The van der Waals surface area contributed by atoms with E-state index in [1.54, 1.807) is 0 Å². The van der Waals surface area contributed by atoms with Crippen molar-refractivity contribution in [1.29, 1.82) is 0 Å². The van der Waals surface area contributed by atoms with E-state index in [1.165, 1.54) is 25.4 Å². The summed E-state index contributed by atoms with van der Waals surface area (Å²) in [6.45, 7) is 1.32. The monoisotopic (exact) mass is 292 g/mol. The quantitative estimate of drug-likeness (QED) is 0.699. The van der Waals surface area contributed by atoms with Gasteiger partial charge in [-0.25, -0.2) is 13.1 Å². The van der Waals surface area contributed by atoms with Gasteiger partial charge in [-0.05, 0) is 20.0 Å². The molecular formula is C9H12N2O5S2. The van der Waals surface area contributed by atoms with E-state index < -0.39 is 27.9 Å². The molecule has 1 heterocycles. The number of carbonyl (C=O) groups excluding carboxylic acids is 1. The van der Waals surface area contributed by atoms with Gasteiger partial charge in [0.05, 0.1) is 9.77 Å². The Morgan fingerprint density at radius 1 is 1.44 bits per heavy atom. The number of hydrogen-bond donors (Lipinski definition) is 3. The Bertz CT molecular complexity index is 563. The van der Waals surface area contributed by atoms with E-state index >= 15 is 0 Å². The Hall–Kier alpha value is -1.45. The highest BCUT2D eigenvalue weighted by atomic mass is 32.2. The largest absolute Gasteiger partial charge is 0.480 e. The van der Waals surface area contributed by atoms with Crippen LogP contribution in [0.3, 0.4) is 0 Å². The fraction of sp³-hybridized carbons (Fsp3) is 0.333. The van der Waals surface area contributed by atoms with Gasteiger partial charge in [0.15, 0.2) is 0 Å². The van der Waals surface area contributed by atoms with Crippen molar-refractivity contribution in [3.05, 3.63) is 16.3 Å². The first-order chi connectivity index (χ1) is 8.27. The Morgan fingerprint density at radius 2 is 2.06 bits per heavy atom. The standard InChI is InChI=1S/C9H12N2O5S2/c1-5(9(13)14)11-8(12)7-3-6(4-17-7)18(15,16)10-2/h3-5,10H,1-2H3,(H,11,12)(H,13,14). The minimum absolute atomic E-state index is 0.0249. The number of hydrogen-bond acceptors (Lipinski definition) is 5. The van der Waals surface area contributed by atoms with E-state index in [2.05, 4.69) is 10.0 Å². The number of carboxylic acids is 1. The molecule has 100 valence electrons. The van der Waals surface area contributed by atoms with Gasteiger partial charge in [-0.3, -0.25) is 9.59 Å². The number of nitrogens with one attached hydrogen (secondary N) is 2. The first kappa shape index (κ1) is 14.6. The second kappa shape index (κ2) is 5.46. The van der Waals surface area contributed by atoms with Gasteiger partial charge in [0, 0.05) is 5.38 Å². The van der Waals surface area contributed by atoms with Crippen LogP contribution >= 0.6 is 11.3 Å². The van der Waals surface area contributed by atoms with Crippen LogP contribution in [-0.4, -0.2) is 38.5 Å². The van der Waals surface area contributed by atoms with E-state index in [9.17, 15) is 18.0 Å². The summed E-state index contributed by atoms with van der Waals surface area (Å²) in [7, 11) is -2.33. The molecule has 1 aromatic rings. The number of sulfonamides is 1. The lowest BCUT2D eigenvalue weighted by Crippen LogP contribution is -2.37. The second-order valence-electron chi connectivity index (χ2n) is 3.39. The molecule has 0 saturated carbocycles. The van der Waals surface area contributed by atoms with Crippen LogP contribution in [0.2, 0.25) is 0 Å². The molecule has 0 aliphatic carbocycles. The highest BCUT2D eigenvalue weighted by Gasteiger charge is 2.20. The Kier molecular flexibility index (Phi) is 4.43. The fourth-order valence-electron chi connectivity index (χ4n) is 1.03. The van der Waals surface area contributed by atoms with Gasteiger partial charge < -0.3 is 10.4 Å². The summed E-state index contributed by atoms with van der Waals surface area (Å²) >= 11 is 0.929.